The summed E-state index contributed by atoms with van der Waals surface area (Å²) in [5, 5.41) is 3.88. The molecule has 0 aromatic heterocycles. The van der Waals surface area contributed by atoms with Gasteiger partial charge in [0, 0.05) is 6.04 Å². The molecular weight excluding hydrogens is 232 g/mol. The van der Waals surface area contributed by atoms with Crippen LogP contribution in [0.2, 0.25) is 0 Å². The minimum absolute atomic E-state index is 0.804. The quantitative estimate of drug-likeness (QED) is 0.814. The van der Waals surface area contributed by atoms with Crippen LogP contribution in [0.25, 0.3) is 0 Å². The smallest absolute Gasteiger partial charge is 0.00915 e. The van der Waals surface area contributed by atoms with Crippen LogP contribution in [-0.2, 0) is 0 Å². The second-order valence-electron chi connectivity index (χ2n) is 6.74. The van der Waals surface area contributed by atoms with E-state index in [0.717, 1.165) is 12.0 Å². The first-order chi connectivity index (χ1) is 9.38. The van der Waals surface area contributed by atoms with Crippen LogP contribution < -0.4 is 5.32 Å². The standard InChI is InChI=1S/C17H34N2/c1-2-12-19-13-10-17(11-14-19)18-15-16-8-6-4-3-5-7-9-16/h16-18H,2-15H2,1H3. The van der Waals surface area contributed by atoms with Gasteiger partial charge in [-0.05, 0) is 64.2 Å². The summed E-state index contributed by atoms with van der Waals surface area (Å²) in [6.07, 6.45) is 14.4. The van der Waals surface area contributed by atoms with Crippen LogP contribution in [0.3, 0.4) is 0 Å². The van der Waals surface area contributed by atoms with Gasteiger partial charge in [-0.25, -0.2) is 0 Å². The number of hydrogen-bond acceptors (Lipinski definition) is 2. The van der Waals surface area contributed by atoms with Crippen LogP contribution in [0, 0.1) is 5.92 Å². The first-order valence-electron chi connectivity index (χ1n) is 8.84. The monoisotopic (exact) mass is 266 g/mol. The first-order valence-corrected chi connectivity index (χ1v) is 8.84. The summed E-state index contributed by atoms with van der Waals surface area (Å²) in [5.41, 5.74) is 0. The van der Waals surface area contributed by atoms with E-state index in [-0.39, 0.29) is 0 Å². The minimum Gasteiger partial charge on any atom is -0.314 e. The van der Waals surface area contributed by atoms with Crippen molar-refractivity contribution in [2.45, 2.75) is 77.2 Å². The van der Waals surface area contributed by atoms with E-state index in [1.165, 1.54) is 90.4 Å². The summed E-state index contributed by atoms with van der Waals surface area (Å²) in [6.45, 7) is 7.51. The van der Waals surface area contributed by atoms with E-state index >= 15 is 0 Å². The zero-order chi connectivity index (χ0) is 13.3. The van der Waals surface area contributed by atoms with Crippen LogP contribution in [0.5, 0.6) is 0 Å². The number of hydrogen-bond donors (Lipinski definition) is 1. The average molecular weight is 266 g/mol. The first kappa shape index (κ1) is 15.3. The van der Waals surface area contributed by atoms with Crippen molar-refractivity contribution >= 4 is 0 Å². The molecule has 0 aromatic carbocycles. The summed E-state index contributed by atoms with van der Waals surface area (Å²) in [6, 6.07) is 0.804. The topological polar surface area (TPSA) is 15.3 Å². The fourth-order valence-corrected chi connectivity index (χ4v) is 3.76. The summed E-state index contributed by atoms with van der Waals surface area (Å²) in [7, 11) is 0. The highest BCUT2D eigenvalue weighted by Gasteiger charge is 2.19. The van der Waals surface area contributed by atoms with Gasteiger partial charge in [0.25, 0.3) is 0 Å². The van der Waals surface area contributed by atoms with E-state index in [4.69, 9.17) is 0 Å². The van der Waals surface area contributed by atoms with E-state index in [9.17, 15) is 0 Å². The molecule has 1 saturated carbocycles. The van der Waals surface area contributed by atoms with E-state index in [0.29, 0.717) is 0 Å². The molecule has 1 N–H and O–H groups in total. The van der Waals surface area contributed by atoms with Crippen LogP contribution in [-0.4, -0.2) is 37.1 Å². The Morgan fingerprint density at radius 1 is 0.895 bits per heavy atom. The molecule has 0 radical (unpaired) electrons. The molecule has 0 amide bonds. The third-order valence-electron chi connectivity index (χ3n) is 5.05. The van der Waals surface area contributed by atoms with Crippen molar-refractivity contribution in [3.05, 3.63) is 0 Å². The average Bonchev–Trinajstić information content (AvgIpc) is 2.39. The predicted molar refractivity (Wildman–Crippen MR) is 83.6 cm³/mol. The number of piperidine rings is 1. The van der Waals surface area contributed by atoms with Crippen LogP contribution in [0.1, 0.15) is 71.1 Å². The van der Waals surface area contributed by atoms with Crippen molar-refractivity contribution < 1.29 is 0 Å². The van der Waals surface area contributed by atoms with Gasteiger partial charge in [-0.2, -0.15) is 0 Å². The van der Waals surface area contributed by atoms with Gasteiger partial charge in [-0.15, -0.1) is 0 Å². The number of nitrogens with zero attached hydrogens (tertiary/aromatic N) is 1. The molecule has 0 atom stereocenters. The fraction of sp³-hybridized carbons (Fsp3) is 1.00. The van der Waals surface area contributed by atoms with Crippen LogP contribution in [0.4, 0.5) is 0 Å². The lowest BCUT2D eigenvalue weighted by molar-refractivity contribution is 0.192. The van der Waals surface area contributed by atoms with E-state index in [2.05, 4.69) is 17.1 Å². The molecule has 112 valence electrons. The van der Waals surface area contributed by atoms with E-state index < -0.39 is 0 Å². The Bertz CT molecular complexity index is 213. The molecule has 2 heteroatoms. The molecule has 2 fully saturated rings. The highest BCUT2D eigenvalue weighted by Crippen LogP contribution is 2.22. The number of rotatable bonds is 5. The Morgan fingerprint density at radius 2 is 1.53 bits per heavy atom. The Morgan fingerprint density at radius 3 is 2.16 bits per heavy atom. The second kappa shape index (κ2) is 8.97. The molecule has 0 spiro atoms. The lowest BCUT2D eigenvalue weighted by Gasteiger charge is -2.33. The molecule has 19 heavy (non-hydrogen) atoms. The maximum absolute atomic E-state index is 3.88. The molecule has 2 nitrogen and oxygen atoms in total. The van der Waals surface area contributed by atoms with Crippen molar-refractivity contribution in [2.24, 2.45) is 5.92 Å². The van der Waals surface area contributed by atoms with E-state index in [1.807, 2.05) is 0 Å². The van der Waals surface area contributed by atoms with Crippen molar-refractivity contribution in [1.82, 2.24) is 10.2 Å². The van der Waals surface area contributed by atoms with Gasteiger partial charge in [-0.3, -0.25) is 0 Å². The zero-order valence-electron chi connectivity index (χ0n) is 13.0. The normalized spacial score (nSPS) is 25.1. The van der Waals surface area contributed by atoms with Gasteiger partial charge in [0.2, 0.25) is 0 Å². The molecule has 0 bridgehead atoms. The summed E-state index contributed by atoms with van der Waals surface area (Å²) < 4.78 is 0. The summed E-state index contributed by atoms with van der Waals surface area (Å²) >= 11 is 0. The van der Waals surface area contributed by atoms with E-state index in [1.54, 1.807) is 0 Å². The van der Waals surface area contributed by atoms with Crippen molar-refractivity contribution in [2.75, 3.05) is 26.2 Å². The molecule has 2 aliphatic rings. The molecule has 1 saturated heterocycles. The lowest BCUT2D eigenvalue weighted by atomic mass is 9.90. The van der Waals surface area contributed by atoms with Crippen LogP contribution in [0.15, 0.2) is 0 Å². The molecule has 1 heterocycles. The highest BCUT2D eigenvalue weighted by atomic mass is 15.1. The van der Waals surface area contributed by atoms with Gasteiger partial charge in [0.15, 0.2) is 0 Å². The third-order valence-corrected chi connectivity index (χ3v) is 5.05. The van der Waals surface area contributed by atoms with Gasteiger partial charge < -0.3 is 10.2 Å². The molecule has 2 rings (SSSR count). The Labute approximate surface area is 120 Å². The predicted octanol–water partition coefficient (Wildman–Crippen LogP) is 3.81. The highest BCUT2D eigenvalue weighted by molar-refractivity contribution is 4.78. The maximum atomic E-state index is 3.88. The van der Waals surface area contributed by atoms with Gasteiger partial charge >= 0.3 is 0 Å². The fourth-order valence-electron chi connectivity index (χ4n) is 3.76. The van der Waals surface area contributed by atoms with Crippen molar-refractivity contribution in [1.29, 1.82) is 0 Å². The van der Waals surface area contributed by atoms with Gasteiger partial charge in [-0.1, -0.05) is 39.0 Å². The Balaban J connectivity index is 1.59. The van der Waals surface area contributed by atoms with Gasteiger partial charge in [0.05, 0.1) is 0 Å². The lowest BCUT2D eigenvalue weighted by Crippen LogP contribution is -2.44. The van der Waals surface area contributed by atoms with Crippen molar-refractivity contribution in [3.63, 3.8) is 0 Å². The Hall–Kier alpha value is -0.0800. The summed E-state index contributed by atoms with van der Waals surface area (Å²) in [5.74, 6) is 0.967. The summed E-state index contributed by atoms with van der Waals surface area (Å²) in [4.78, 5) is 2.63. The largest absolute Gasteiger partial charge is 0.314 e. The SMILES string of the molecule is CCCN1CCC(NCC2CCCCCCC2)CC1. The molecule has 1 aliphatic heterocycles. The molecule has 0 aromatic rings. The molecular formula is C17H34N2. The van der Waals surface area contributed by atoms with Gasteiger partial charge in [0.1, 0.15) is 0 Å². The zero-order valence-corrected chi connectivity index (χ0v) is 13.0. The third kappa shape index (κ3) is 5.83. The maximum Gasteiger partial charge on any atom is 0.00915 e. The number of likely N-dealkylation sites (tertiary alicyclic amines) is 1. The minimum atomic E-state index is 0.804. The van der Waals surface area contributed by atoms with Crippen LogP contribution >= 0.6 is 0 Å². The number of nitrogens with one attached hydrogen (secondary N) is 1. The molecule has 0 unspecified atom stereocenters. The van der Waals surface area contributed by atoms with Crippen molar-refractivity contribution in [3.8, 4) is 0 Å². The Kier molecular flexibility index (Phi) is 7.23. The molecule has 1 aliphatic carbocycles. The second-order valence-corrected chi connectivity index (χ2v) is 6.74.